The SMILES string of the molecule is Cc1nc(N(C)C2CCCNC2)cc2n[nH]c(=O)n12. The Hall–Kier alpha value is -1.89. The van der Waals surface area contributed by atoms with E-state index in [1.54, 1.807) is 0 Å². The molecule has 7 nitrogen and oxygen atoms in total. The van der Waals surface area contributed by atoms with Crippen LogP contribution < -0.4 is 15.9 Å². The van der Waals surface area contributed by atoms with Crippen LogP contribution in [-0.2, 0) is 0 Å². The Balaban J connectivity index is 1.98. The molecule has 1 unspecified atom stereocenters. The fourth-order valence-corrected chi connectivity index (χ4v) is 2.61. The van der Waals surface area contributed by atoms with Crippen LogP contribution in [0.3, 0.4) is 0 Å². The number of nitrogens with one attached hydrogen (secondary N) is 2. The Morgan fingerprint density at radius 1 is 1.53 bits per heavy atom. The molecule has 1 fully saturated rings. The summed E-state index contributed by atoms with van der Waals surface area (Å²) in [5.74, 6) is 1.51. The van der Waals surface area contributed by atoms with Crippen molar-refractivity contribution in [3.63, 3.8) is 0 Å². The van der Waals surface area contributed by atoms with Crippen molar-refractivity contribution in [1.82, 2.24) is 24.9 Å². The molecule has 0 bridgehead atoms. The van der Waals surface area contributed by atoms with E-state index in [1.807, 2.05) is 20.0 Å². The Labute approximate surface area is 110 Å². The van der Waals surface area contributed by atoms with Gasteiger partial charge >= 0.3 is 5.69 Å². The molecule has 2 aromatic rings. The Kier molecular flexibility index (Phi) is 2.98. The topological polar surface area (TPSA) is 78.3 Å². The van der Waals surface area contributed by atoms with E-state index in [2.05, 4.69) is 25.4 Å². The van der Waals surface area contributed by atoms with Crippen LogP contribution >= 0.6 is 0 Å². The van der Waals surface area contributed by atoms with Gasteiger partial charge in [0.15, 0.2) is 5.65 Å². The minimum Gasteiger partial charge on any atom is -0.355 e. The van der Waals surface area contributed by atoms with E-state index in [0.29, 0.717) is 17.5 Å². The van der Waals surface area contributed by atoms with E-state index in [-0.39, 0.29) is 5.69 Å². The highest BCUT2D eigenvalue weighted by Crippen LogP contribution is 2.18. The van der Waals surface area contributed by atoms with Crippen molar-refractivity contribution in [2.24, 2.45) is 0 Å². The summed E-state index contributed by atoms with van der Waals surface area (Å²) in [6.45, 7) is 3.88. The first-order valence-corrected chi connectivity index (χ1v) is 6.55. The van der Waals surface area contributed by atoms with E-state index in [4.69, 9.17) is 0 Å². The minimum absolute atomic E-state index is 0.242. The lowest BCUT2D eigenvalue weighted by molar-refractivity contribution is 0.443. The van der Waals surface area contributed by atoms with Crippen molar-refractivity contribution < 1.29 is 0 Å². The van der Waals surface area contributed by atoms with Crippen molar-refractivity contribution in [3.05, 3.63) is 22.4 Å². The minimum atomic E-state index is -0.242. The quantitative estimate of drug-likeness (QED) is 0.791. The second-order valence-corrected chi connectivity index (χ2v) is 5.00. The fourth-order valence-electron chi connectivity index (χ4n) is 2.61. The molecule has 1 atom stereocenters. The summed E-state index contributed by atoms with van der Waals surface area (Å²) in [5, 5.41) is 9.86. The molecule has 102 valence electrons. The van der Waals surface area contributed by atoms with Crippen molar-refractivity contribution in [1.29, 1.82) is 0 Å². The lowest BCUT2D eigenvalue weighted by Crippen LogP contribution is -2.44. The Morgan fingerprint density at radius 3 is 3.11 bits per heavy atom. The van der Waals surface area contributed by atoms with Crippen LogP contribution in [0.5, 0.6) is 0 Å². The predicted octanol–water partition coefficient (Wildman–Crippen LogP) is -0.0858. The molecule has 0 spiro atoms. The molecule has 1 aliphatic heterocycles. The van der Waals surface area contributed by atoms with Gasteiger partial charge in [-0.25, -0.2) is 19.3 Å². The Morgan fingerprint density at radius 2 is 2.37 bits per heavy atom. The van der Waals surface area contributed by atoms with Crippen LogP contribution in [-0.4, -0.2) is 45.8 Å². The molecule has 3 heterocycles. The highest BCUT2D eigenvalue weighted by atomic mass is 16.1. The number of hydrogen-bond donors (Lipinski definition) is 2. The Bertz CT molecular complexity index is 639. The van der Waals surface area contributed by atoms with Crippen molar-refractivity contribution >= 4 is 11.5 Å². The van der Waals surface area contributed by atoms with Crippen LogP contribution in [0.15, 0.2) is 10.9 Å². The maximum absolute atomic E-state index is 11.6. The normalized spacial score (nSPS) is 19.8. The summed E-state index contributed by atoms with van der Waals surface area (Å²) < 4.78 is 1.48. The number of H-pyrrole nitrogens is 1. The molecule has 3 rings (SSSR count). The standard InChI is InChI=1S/C12H18N6O/c1-8-14-10(6-11-15-16-12(19)18(8)11)17(2)9-4-3-5-13-7-9/h6,9,13H,3-5,7H2,1-2H3,(H,16,19). The molecule has 0 radical (unpaired) electrons. The molecular weight excluding hydrogens is 244 g/mol. The number of likely N-dealkylation sites (N-methyl/N-ethyl adjacent to an activating group) is 1. The number of piperidine rings is 1. The molecule has 1 aliphatic rings. The first-order chi connectivity index (χ1) is 9.16. The summed E-state index contributed by atoms with van der Waals surface area (Å²) in [4.78, 5) is 18.2. The third-order valence-corrected chi connectivity index (χ3v) is 3.74. The lowest BCUT2D eigenvalue weighted by atomic mass is 10.1. The van der Waals surface area contributed by atoms with Gasteiger partial charge in [-0.1, -0.05) is 0 Å². The summed E-state index contributed by atoms with van der Waals surface area (Å²) >= 11 is 0. The molecule has 2 aromatic heterocycles. The van der Waals surface area contributed by atoms with E-state index in [9.17, 15) is 4.79 Å². The molecule has 1 saturated heterocycles. The zero-order valence-electron chi connectivity index (χ0n) is 11.2. The van der Waals surface area contributed by atoms with Crippen LogP contribution in [0, 0.1) is 6.92 Å². The average molecular weight is 262 g/mol. The molecule has 7 heteroatoms. The fraction of sp³-hybridized carbons (Fsp3) is 0.583. The maximum Gasteiger partial charge on any atom is 0.349 e. The second kappa shape index (κ2) is 4.65. The number of aryl methyl sites for hydroxylation is 1. The van der Waals surface area contributed by atoms with Crippen LogP contribution in [0.25, 0.3) is 5.65 Å². The molecular formula is C12H18N6O. The molecule has 0 aromatic carbocycles. The van der Waals surface area contributed by atoms with Gasteiger partial charge in [0.1, 0.15) is 11.6 Å². The van der Waals surface area contributed by atoms with Crippen LogP contribution in [0.2, 0.25) is 0 Å². The number of nitrogens with zero attached hydrogens (tertiary/aromatic N) is 4. The van der Waals surface area contributed by atoms with E-state index in [0.717, 1.165) is 25.3 Å². The van der Waals surface area contributed by atoms with Gasteiger partial charge < -0.3 is 10.2 Å². The van der Waals surface area contributed by atoms with Crippen molar-refractivity contribution in [2.75, 3.05) is 25.0 Å². The van der Waals surface area contributed by atoms with Gasteiger partial charge in [0.05, 0.1) is 0 Å². The smallest absolute Gasteiger partial charge is 0.349 e. The number of fused-ring (bicyclic) bond motifs is 1. The monoisotopic (exact) mass is 262 g/mol. The molecule has 19 heavy (non-hydrogen) atoms. The van der Waals surface area contributed by atoms with Gasteiger partial charge in [-0.15, -0.1) is 0 Å². The first-order valence-electron chi connectivity index (χ1n) is 6.55. The van der Waals surface area contributed by atoms with Gasteiger partial charge in [0.2, 0.25) is 0 Å². The summed E-state index contributed by atoms with van der Waals surface area (Å²) in [6.07, 6.45) is 2.33. The maximum atomic E-state index is 11.6. The van der Waals surface area contributed by atoms with Gasteiger partial charge in [-0.3, -0.25) is 0 Å². The molecule has 0 amide bonds. The highest BCUT2D eigenvalue weighted by molar-refractivity contribution is 5.51. The lowest BCUT2D eigenvalue weighted by Gasteiger charge is -2.32. The molecule has 0 saturated carbocycles. The molecule has 0 aliphatic carbocycles. The number of anilines is 1. The number of hydrogen-bond acceptors (Lipinski definition) is 5. The third kappa shape index (κ3) is 2.10. The van der Waals surface area contributed by atoms with E-state index < -0.39 is 0 Å². The first kappa shape index (κ1) is 12.2. The number of rotatable bonds is 2. The summed E-state index contributed by atoms with van der Waals surface area (Å²) in [6, 6.07) is 2.29. The number of aromatic amines is 1. The van der Waals surface area contributed by atoms with Gasteiger partial charge in [-0.05, 0) is 26.3 Å². The van der Waals surface area contributed by atoms with Gasteiger partial charge in [-0.2, -0.15) is 5.10 Å². The highest BCUT2D eigenvalue weighted by Gasteiger charge is 2.20. The van der Waals surface area contributed by atoms with E-state index >= 15 is 0 Å². The van der Waals surface area contributed by atoms with Gasteiger partial charge in [0.25, 0.3) is 0 Å². The van der Waals surface area contributed by atoms with Crippen molar-refractivity contribution in [2.45, 2.75) is 25.8 Å². The van der Waals surface area contributed by atoms with Crippen molar-refractivity contribution in [3.8, 4) is 0 Å². The summed E-state index contributed by atoms with van der Waals surface area (Å²) in [5.41, 5.74) is 0.372. The van der Waals surface area contributed by atoms with Crippen LogP contribution in [0.4, 0.5) is 5.82 Å². The van der Waals surface area contributed by atoms with Gasteiger partial charge in [0, 0.05) is 25.7 Å². The summed E-state index contributed by atoms with van der Waals surface area (Å²) in [7, 11) is 2.04. The zero-order valence-corrected chi connectivity index (χ0v) is 11.2. The van der Waals surface area contributed by atoms with E-state index in [1.165, 1.54) is 10.8 Å². The number of aromatic nitrogens is 4. The zero-order chi connectivity index (χ0) is 13.4. The predicted molar refractivity (Wildman–Crippen MR) is 72.6 cm³/mol. The molecule has 2 N–H and O–H groups in total. The third-order valence-electron chi connectivity index (χ3n) is 3.74. The van der Waals surface area contributed by atoms with Crippen LogP contribution in [0.1, 0.15) is 18.7 Å². The average Bonchev–Trinajstić information content (AvgIpc) is 2.81. The largest absolute Gasteiger partial charge is 0.355 e. The second-order valence-electron chi connectivity index (χ2n) is 5.00.